The molecule has 1 saturated carbocycles. The summed E-state index contributed by atoms with van der Waals surface area (Å²) in [5.41, 5.74) is 2.26. The summed E-state index contributed by atoms with van der Waals surface area (Å²) in [6.45, 7) is 8.00. The molecule has 5 heteroatoms. The van der Waals surface area contributed by atoms with Gasteiger partial charge in [0.2, 0.25) is 5.91 Å². The fraction of sp³-hybridized carbons (Fsp3) is 0.579. The molecule has 2 aromatic rings. The smallest absolute Gasteiger partial charge is 0.226 e. The van der Waals surface area contributed by atoms with Gasteiger partial charge in [-0.05, 0) is 58.2 Å². The third kappa shape index (κ3) is 2.90. The number of hydrogen-bond acceptors (Lipinski definition) is 3. The summed E-state index contributed by atoms with van der Waals surface area (Å²) in [6, 6.07) is 6.82. The van der Waals surface area contributed by atoms with Crippen LogP contribution < -0.4 is 0 Å². The molecule has 0 N–H and O–H groups in total. The van der Waals surface area contributed by atoms with Gasteiger partial charge >= 0.3 is 0 Å². The summed E-state index contributed by atoms with van der Waals surface area (Å²) < 4.78 is 2.13. The molecule has 4 nitrogen and oxygen atoms in total. The lowest BCUT2D eigenvalue weighted by atomic mass is 10.0. The van der Waals surface area contributed by atoms with Crippen LogP contribution in [-0.4, -0.2) is 33.7 Å². The van der Waals surface area contributed by atoms with Gasteiger partial charge in [-0.25, -0.2) is 0 Å². The zero-order chi connectivity index (χ0) is 16.8. The second-order valence-corrected chi connectivity index (χ2v) is 8.67. The molecule has 1 aliphatic heterocycles. The Hall–Kier alpha value is -1.62. The first-order valence-electron chi connectivity index (χ1n) is 8.91. The lowest BCUT2D eigenvalue weighted by molar-refractivity contribution is -0.134. The Morgan fingerprint density at radius 2 is 2.12 bits per heavy atom. The highest BCUT2D eigenvalue weighted by atomic mass is 32.1. The molecule has 2 aliphatic rings. The van der Waals surface area contributed by atoms with Gasteiger partial charge in [-0.3, -0.25) is 9.48 Å². The van der Waals surface area contributed by atoms with E-state index in [0.717, 1.165) is 38.0 Å². The highest BCUT2D eigenvalue weighted by molar-refractivity contribution is 7.12. The SMILES string of the molecule is Cc1cc(C)n(C2CCCN(C(=O)C3CC3c3ccc(C)s3)C2)n1. The van der Waals surface area contributed by atoms with Crippen LogP contribution in [0.4, 0.5) is 0 Å². The largest absolute Gasteiger partial charge is 0.340 e. The highest BCUT2D eigenvalue weighted by Crippen LogP contribution is 2.50. The summed E-state index contributed by atoms with van der Waals surface area (Å²) in [6.07, 6.45) is 3.22. The number of nitrogens with zero attached hydrogens (tertiary/aromatic N) is 3. The molecular weight excluding hydrogens is 318 g/mol. The maximum absolute atomic E-state index is 12.9. The van der Waals surface area contributed by atoms with Gasteiger partial charge in [-0.1, -0.05) is 0 Å². The van der Waals surface area contributed by atoms with E-state index >= 15 is 0 Å². The summed E-state index contributed by atoms with van der Waals surface area (Å²) in [5.74, 6) is 1.03. The predicted molar refractivity (Wildman–Crippen MR) is 96.5 cm³/mol. The number of likely N-dealkylation sites (tertiary alicyclic amines) is 1. The van der Waals surface area contributed by atoms with Crippen molar-refractivity contribution in [2.24, 2.45) is 5.92 Å². The van der Waals surface area contributed by atoms with Crippen molar-refractivity contribution in [3.05, 3.63) is 39.3 Å². The van der Waals surface area contributed by atoms with E-state index in [0.29, 0.717) is 17.9 Å². The Morgan fingerprint density at radius 1 is 1.29 bits per heavy atom. The average molecular weight is 343 g/mol. The monoisotopic (exact) mass is 343 g/mol. The van der Waals surface area contributed by atoms with Crippen LogP contribution >= 0.6 is 11.3 Å². The van der Waals surface area contributed by atoms with E-state index in [1.165, 1.54) is 15.4 Å². The van der Waals surface area contributed by atoms with Gasteiger partial charge in [0.25, 0.3) is 0 Å². The van der Waals surface area contributed by atoms with E-state index in [1.807, 2.05) is 18.3 Å². The van der Waals surface area contributed by atoms with Crippen LogP contribution in [0, 0.1) is 26.7 Å². The number of hydrogen-bond donors (Lipinski definition) is 0. The topological polar surface area (TPSA) is 38.1 Å². The molecule has 1 amide bonds. The number of aromatic nitrogens is 2. The number of carbonyl (C=O) groups is 1. The fourth-order valence-corrected chi connectivity index (χ4v) is 5.10. The first-order valence-corrected chi connectivity index (χ1v) is 9.72. The van der Waals surface area contributed by atoms with Crippen molar-refractivity contribution in [2.45, 2.75) is 52.0 Å². The van der Waals surface area contributed by atoms with Crippen molar-refractivity contribution in [3.63, 3.8) is 0 Å². The van der Waals surface area contributed by atoms with Gasteiger partial charge in [0, 0.05) is 40.4 Å². The van der Waals surface area contributed by atoms with Crippen LogP contribution in [0.25, 0.3) is 0 Å². The summed E-state index contributed by atoms with van der Waals surface area (Å²) in [5, 5.41) is 4.63. The normalized spacial score (nSPS) is 26.6. The third-order valence-electron chi connectivity index (χ3n) is 5.33. The zero-order valence-corrected chi connectivity index (χ0v) is 15.5. The van der Waals surface area contributed by atoms with Crippen molar-refractivity contribution in [1.29, 1.82) is 0 Å². The molecule has 0 spiro atoms. The molecule has 0 aromatic carbocycles. The van der Waals surface area contributed by atoms with Gasteiger partial charge in [0.05, 0.1) is 11.7 Å². The second kappa shape index (κ2) is 6.03. The van der Waals surface area contributed by atoms with Crippen LogP contribution in [0.15, 0.2) is 18.2 Å². The Kier molecular flexibility index (Phi) is 3.99. The quantitative estimate of drug-likeness (QED) is 0.849. The maximum atomic E-state index is 12.9. The van der Waals surface area contributed by atoms with Crippen molar-refractivity contribution in [2.75, 3.05) is 13.1 Å². The molecule has 2 aromatic heterocycles. The van der Waals surface area contributed by atoms with Gasteiger partial charge in [0.15, 0.2) is 0 Å². The van der Waals surface area contributed by atoms with E-state index in [1.54, 1.807) is 0 Å². The molecule has 0 radical (unpaired) electrons. The van der Waals surface area contributed by atoms with E-state index in [4.69, 9.17) is 0 Å². The summed E-state index contributed by atoms with van der Waals surface area (Å²) in [4.78, 5) is 17.7. The third-order valence-corrected chi connectivity index (χ3v) is 6.47. The minimum atomic E-state index is 0.210. The fourth-order valence-electron chi connectivity index (χ4n) is 4.04. The molecule has 2 fully saturated rings. The lowest BCUT2D eigenvalue weighted by Crippen LogP contribution is -2.42. The summed E-state index contributed by atoms with van der Waals surface area (Å²) in [7, 11) is 0. The number of carbonyl (C=O) groups excluding carboxylic acids is 1. The molecule has 4 rings (SSSR count). The van der Waals surface area contributed by atoms with Crippen molar-refractivity contribution in [1.82, 2.24) is 14.7 Å². The standard InChI is InChI=1S/C19H25N3OS/c1-12-9-13(2)22(20-12)15-5-4-8-21(11-15)19(23)17-10-16(17)18-7-6-14(3)24-18/h6-7,9,15-17H,4-5,8,10-11H2,1-3H3. The zero-order valence-electron chi connectivity index (χ0n) is 14.7. The number of amides is 1. The lowest BCUT2D eigenvalue weighted by Gasteiger charge is -2.33. The Labute approximate surface area is 147 Å². The number of aryl methyl sites for hydroxylation is 3. The Balaban J connectivity index is 1.43. The van der Waals surface area contributed by atoms with E-state index in [9.17, 15) is 4.79 Å². The predicted octanol–water partition coefficient (Wildman–Crippen LogP) is 3.84. The first-order chi connectivity index (χ1) is 11.5. The molecule has 1 aliphatic carbocycles. The Morgan fingerprint density at radius 3 is 2.79 bits per heavy atom. The maximum Gasteiger partial charge on any atom is 0.226 e. The van der Waals surface area contributed by atoms with Crippen molar-refractivity contribution < 1.29 is 4.79 Å². The first kappa shape index (κ1) is 15.9. The molecule has 24 heavy (non-hydrogen) atoms. The summed E-state index contributed by atoms with van der Waals surface area (Å²) >= 11 is 1.84. The van der Waals surface area contributed by atoms with E-state index < -0.39 is 0 Å². The van der Waals surface area contributed by atoms with Crippen LogP contribution in [0.2, 0.25) is 0 Å². The highest BCUT2D eigenvalue weighted by Gasteiger charge is 2.47. The van der Waals surface area contributed by atoms with Crippen LogP contribution in [-0.2, 0) is 4.79 Å². The Bertz CT molecular complexity index is 763. The second-order valence-electron chi connectivity index (χ2n) is 7.35. The van der Waals surface area contributed by atoms with Gasteiger partial charge in [-0.2, -0.15) is 5.10 Å². The van der Waals surface area contributed by atoms with Crippen LogP contribution in [0.3, 0.4) is 0 Å². The van der Waals surface area contributed by atoms with Crippen molar-refractivity contribution in [3.8, 4) is 0 Å². The van der Waals surface area contributed by atoms with Gasteiger partial charge < -0.3 is 4.90 Å². The minimum absolute atomic E-state index is 0.210. The molecular formula is C19H25N3OS. The molecule has 0 bridgehead atoms. The molecule has 1 saturated heterocycles. The molecule has 128 valence electrons. The van der Waals surface area contributed by atoms with E-state index in [-0.39, 0.29) is 5.92 Å². The molecule has 3 unspecified atom stereocenters. The number of rotatable bonds is 3. The minimum Gasteiger partial charge on any atom is -0.340 e. The number of thiophene rings is 1. The van der Waals surface area contributed by atoms with Crippen molar-refractivity contribution >= 4 is 17.2 Å². The van der Waals surface area contributed by atoms with Crippen LogP contribution in [0.1, 0.15) is 52.4 Å². The van der Waals surface area contributed by atoms with Gasteiger partial charge in [0.1, 0.15) is 0 Å². The molecule has 3 atom stereocenters. The van der Waals surface area contributed by atoms with E-state index in [2.05, 4.69) is 46.7 Å². The average Bonchev–Trinajstić information content (AvgIpc) is 3.13. The molecule has 3 heterocycles. The van der Waals surface area contributed by atoms with Gasteiger partial charge in [-0.15, -0.1) is 11.3 Å². The van der Waals surface area contributed by atoms with Crippen LogP contribution in [0.5, 0.6) is 0 Å². The number of piperidine rings is 1.